The van der Waals surface area contributed by atoms with E-state index in [1.807, 2.05) is 54.9 Å². The van der Waals surface area contributed by atoms with Crippen molar-refractivity contribution in [1.29, 1.82) is 0 Å². The number of nitrogens with zero attached hydrogens (tertiary/aromatic N) is 2. The Morgan fingerprint density at radius 2 is 1.81 bits per heavy atom. The smallest absolute Gasteiger partial charge is 0.220 e. The van der Waals surface area contributed by atoms with Crippen LogP contribution in [0.4, 0.5) is 0 Å². The van der Waals surface area contributed by atoms with Crippen LogP contribution < -0.4 is 5.32 Å². The van der Waals surface area contributed by atoms with Crippen LogP contribution in [0.25, 0.3) is 5.69 Å². The first-order valence-corrected chi connectivity index (χ1v) is 8.97. The Morgan fingerprint density at radius 1 is 1.04 bits per heavy atom. The van der Waals surface area contributed by atoms with Crippen LogP contribution in [-0.2, 0) is 17.8 Å². The maximum atomic E-state index is 12.2. The van der Waals surface area contributed by atoms with Gasteiger partial charge in [-0.1, -0.05) is 48.0 Å². The molecule has 1 N–H and O–H groups in total. The highest BCUT2D eigenvalue weighted by molar-refractivity contribution is 5.76. The fraction of sp³-hybridized carbons (Fsp3) is 0.273. The second-order valence-corrected chi connectivity index (χ2v) is 6.66. The molecule has 1 amide bonds. The number of carbonyl (C=O) groups excluding carboxylic acids is 1. The van der Waals surface area contributed by atoms with Gasteiger partial charge >= 0.3 is 0 Å². The quantitative estimate of drug-likeness (QED) is 0.731. The second kappa shape index (κ2) is 8.00. The molecule has 0 unspecified atom stereocenters. The molecule has 1 aromatic heterocycles. The molecule has 0 fully saturated rings. The van der Waals surface area contributed by atoms with Gasteiger partial charge in [-0.3, -0.25) is 4.79 Å². The molecule has 4 heteroatoms. The van der Waals surface area contributed by atoms with Gasteiger partial charge in [0.05, 0.1) is 11.4 Å². The summed E-state index contributed by atoms with van der Waals surface area (Å²) in [4.78, 5) is 12.2. The highest BCUT2D eigenvalue weighted by Gasteiger charge is 2.13. The number of hydrogen-bond acceptors (Lipinski definition) is 2. The SMILES string of the molecule is Cc1cccc(CCC(=O)NCc2c(C)nn(-c3ccccc3)c2C)c1. The van der Waals surface area contributed by atoms with Crippen LogP contribution in [0.15, 0.2) is 54.6 Å². The molecule has 0 saturated heterocycles. The lowest BCUT2D eigenvalue weighted by molar-refractivity contribution is -0.121. The van der Waals surface area contributed by atoms with E-state index in [1.165, 1.54) is 11.1 Å². The third kappa shape index (κ3) is 4.20. The minimum absolute atomic E-state index is 0.0674. The Bertz CT molecular complexity index is 897. The Balaban J connectivity index is 1.61. The molecule has 1 heterocycles. The number of amides is 1. The van der Waals surface area contributed by atoms with Gasteiger partial charge in [0.15, 0.2) is 0 Å². The summed E-state index contributed by atoms with van der Waals surface area (Å²) in [5, 5.41) is 7.67. The summed E-state index contributed by atoms with van der Waals surface area (Å²) in [5.74, 6) is 0.0674. The molecule has 0 atom stereocenters. The van der Waals surface area contributed by atoms with E-state index >= 15 is 0 Å². The van der Waals surface area contributed by atoms with Crippen LogP contribution in [0, 0.1) is 20.8 Å². The monoisotopic (exact) mass is 347 g/mol. The van der Waals surface area contributed by atoms with E-state index < -0.39 is 0 Å². The molecule has 0 aliphatic heterocycles. The van der Waals surface area contributed by atoms with Gasteiger partial charge in [0.1, 0.15) is 0 Å². The molecule has 134 valence electrons. The van der Waals surface area contributed by atoms with Crippen molar-refractivity contribution in [2.24, 2.45) is 0 Å². The van der Waals surface area contributed by atoms with Gasteiger partial charge in [0, 0.05) is 24.2 Å². The van der Waals surface area contributed by atoms with E-state index in [1.54, 1.807) is 0 Å². The van der Waals surface area contributed by atoms with Gasteiger partial charge < -0.3 is 5.32 Å². The predicted molar refractivity (Wildman–Crippen MR) is 104 cm³/mol. The van der Waals surface area contributed by atoms with Crippen LogP contribution >= 0.6 is 0 Å². The molecule has 4 nitrogen and oxygen atoms in total. The van der Waals surface area contributed by atoms with E-state index in [-0.39, 0.29) is 5.91 Å². The Kier molecular flexibility index (Phi) is 5.52. The molecular formula is C22H25N3O. The van der Waals surface area contributed by atoms with Gasteiger partial charge in [-0.15, -0.1) is 0 Å². The zero-order chi connectivity index (χ0) is 18.5. The minimum Gasteiger partial charge on any atom is -0.352 e. The molecule has 26 heavy (non-hydrogen) atoms. The summed E-state index contributed by atoms with van der Waals surface area (Å²) in [5.41, 5.74) is 6.55. The molecule has 2 aromatic carbocycles. The van der Waals surface area contributed by atoms with Crippen molar-refractivity contribution < 1.29 is 4.79 Å². The average Bonchev–Trinajstić information content (AvgIpc) is 2.93. The minimum atomic E-state index is 0.0674. The number of nitrogens with one attached hydrogen (secondary N) is 1. The van der Waals surface area contributed by atoms with Gasteiger partial charge in [0.2, 0.25) is 5.91 Å². The maximum absolute atomic E-state index is 12.2. The first-order valence-electron chi connectivity index (χ1n) is 8.97. The number of para-hydroxylation sites is 1. The molecule has 3 rings (SSSR count). The molecule has 0 aliphatic carbocycles. The second-order valence-electron chi connectivity index (χ2n) is 6.66. The van der Waals surface area contributed by atoms with Gasteiger partial charge in [-0.05, 0) is 44.9 Å². The molecule has 3 aromatic rings. The summed E-state index contributed by atoms with van der Waals surface area (Å²) in [6.07, 6.45) is 1.25. The van der Waals surface area contributed by atoms with Crippen molar-refractivity contribution in [3.8, 4) is 5.69 Å². The third-order valence-corrected chi connectivity index (χ3v) is 4.63. The number of rotatable bonds is 6. The Labute approximate surface area is 154 Å². The Hall–Kier alpha value is -2.88. The van der Waals surface area contributed by atoms with E-state index in [4.69, 9.17) is 0 Å². The van der Waals surface area contributed by atoms with Gasteiger partial charge in [-0.25, -0.2) is 4.68 Å². The predicted octanol–water partition coefficient (Wildman–Crippen LogP) is 4.05. The van der Waals surface area contributed by atoms with E-state index in [0.717, 1.165) is 29.1 Å². The fourth-order valence-electron chi connectivity index (χ4n) is 3.15. The highest BCUT2D eigenvalue weighted by atomic mass is 16.1. The zero-order valence-corrected chi connectivity index (χ0v) is 15.6. The van der Waals surface area contributed by atoms with E-state index in [2.05, 4.69) is 35.5 Å². The maximum Gasteiger partial charge on any atom is 0.220 e. The summed E-state index contributed by atoms with van der Waals surface area (Å²) in [6, 6.07) is 18.4. The number of aromatic nitrogens is 2. The summed E-state index contributed by atoms with van der Waals surface area (Å²) >= 11 is 0. The van der Waals surface area contributed by atoms with Crippen molar-refractivity contribution in [1.82, 2.24) is 15.1 Å². The molecule has 0 radical (unpaired) electrons. The van der Waals surface area contributed by atoms with Crippen molar-refractivity contribution in [3.05, 3.63) is 82.7 Å². The largest absolute Gasteiger partial charge is 0.352 e. The first kappa shape index (κ1) is 17.9. The number of hydrogen-bond donors (Lipinski definition) is 1. The van der Waals surface area contributed by atoms with Crippen molar-refractivity contribution >= 4 is 5.91 Å². The van der Waals surface area contributed by atoms with Gasteiger partial charge in [-0.2, -0.15) is 5.10 Å². The first-order chi connectivity index (χ1) is 12.5. The van der Waals surface area contributed by atoms with Crippen LogP contribution in [0.5, 0.6) is 0 Å². The van der Waals surface area contributed by atoms with Gasteiger partial charge in [0.25, 0.3) is 0 Å². The zero-order valence-electron chi connectivity index (χ0n) is 15.6. The highest BCUT2D eigenvalue weighted by Crippen LogP contribution is 2.17. The van der Waals surface area contributed by atoms with Crippen LogP contribution in [0.3, 0.4) is 0 Å². The molecular weight excluding hydrogens is 322 g/mol. The normalized spacial score (nSPS) is 10.7. The fourth-order valence-corrected chi connectivity index (χ4v) is 3.15. The summed E-state index contributed by atoms with van der Waals surface area (Å²) in [6.45, 7) is 6.61. The lowest BCUT2D eigenvalue weighted by Gasteiger charge is -2.08. The lowest BCUT2D eigenvalue weighted by Crippen LogP contribution is -2.23. The van der Waals surface area contributed by atoms with Crippen molar-refractivity contribution in [3.63, 3.8) is 0 Å². The number of benzene rings is 2. The van der Waals surface area contributed by atoms with E-state index in [9.17, 15) is 4.79 Å². The summed E-state index contributed by atoms with van der Waals surface area (Å²) < 4.78 is 1.93. The third-order valence-electron chi connectivity index (χ3n) is 4.63. The van der Waals surface area contributed by atoms with Crippen LogP contribution in [0.1, 0.15) is 34.5 Å². The molecule has 0 spiro atoms. The standard InChI is InChI=1S/C22H25N3O/c1-16-8-7-9-19(14-16)12-13-22(26)23-15-21-17(2)24-25(18(21)3)20-10-5-4-6-11-20/h4-11,14H,12-13,15H2,1-3H3,(H,23,26). The van der Waals surface area contributed by atoms with E-state index in [0.29, 0.717) is 13.0 Å². The van der Waals surface area contributed by atoms with Crippen molar-refractivity contribution in [2.75, 3.05) is 0 Å². The van der Waals surface area contributed by atoms with Crippen molar-refractivity contribution in [2.45, 2.75) is 40.2 Å². The number of carbonyl (C=O) groups is 1. The molecule has 0 saturated carbocycles. The lowest BCUT2D eigenvalue weighted by atomic mass is 10.1. The molecule has 0 bridgehead atoms. The summed E-state index contributed by atoms with van der Waals surface area (Å²) in [7, 11) is 0. The Morgan fingerprint density at radius 3 is 2.54 bits per heavy atom. The average molecular weight is 347 g/mol. The number of aryl methyl sites for hydroxylation is 3. The van der Waals surface area contributed by atoms with Crippen LogP contribution in [0.2, 0.25) is 0 Å². The van der Waals surface area contributed by atoms with Crippen LogP contribution in [-0.4, -0.2) is 15.7 Å². The topological polar surface area (TPSA) is 46.9 Å². The molecule has 0 aliphatic rings.